The number of anilines is 1. The molecule has 2 rings (SSSR count). The molecule has 2 aromatic rings. The van der Waals surface area contributed by atoms with Crippen molar-refractivity contribution in [2.75, 3.05) is 19.1 Å². The van der Waals surface area contributed by atoms with Crippen LogP contribution in [0.5, 0.6) is 5.75 Å². The fraction of sp³-hybridized carbons (Fsp3) is 0.267. The van der Waals surface area contributed by atoms with Crippen molar-refractivity contribution in [3.63, 3.8) is 0 Å². The molecule has 0 atom stereocenters. The molecular formula is C15H17N3O3S. The van der Waals surface area contributed by atoms with Crippen LogP contribution in [0.15, 0.2) is 29.4 Å². The number of thiazole rings is 1. The molecule has 7 heteroatoms. The van der Waals surface area contributed by atoms with Gasteiger partial charge in [0.2, 0.25) is 5.13 Å². The summed E-state index contributed by atoms with van der Waals surface area (Å²) in [5.41, 5.74) is 4.37. The quantitative estimate of drug-likeness (QED) is 0.503. The Morgan fingerprint density at radius 2 is 2.14 bits per heavy atom. The number of carbonyl (C=O) groups is 1. The molecule has 0 radical (unpaired) electrons. The van der Waals surface area contributed by atoms with E-state index >= 15 is 0 Å². The van der Waals surface area contributed by atoms with E-state index in [1.165, 1.54) is 11.3 Å². The number of benzene rings is 1. The van der Waals surface area contributed by atoms with E-state index in [2.05, 4.69) is 15.5 Å². The number of carbonyl (C=O) groups excluding carboxylic acids is 1. The SMILES string of the molecule is CCOC(=O)c1sc(N/N=C\c2ccc(OC)cc2)nc1C. The molecule has 116 valence electrons. The average molecular weight is 319 g/mol. The molecule has 0 fully saturated rings. The number of esters is 1. The monoisotopic (exact) mass is 319 g/mol. The van der Waals surface area contributed by atoms with Crippen molar-refractivity contribution in [3.8, 4) is 5.75 Å². The summed E-state index contributed by atoms with van der Waals surface area (Å²) >= 11 is 1.22. The minimum Gasteiger partial charge on any atom is -0.497 e. The second kappa shape index (κ2) is 7.56. The summed E-state index contributed by atoms with van der Waals surface area (Å²) in [5.74, 6) is 0.435. The Kier molecular flexibility index (Phi) is 5.48. The fourth-order valence-corrected chi connectivity index (χ4v) is 2.49. The highest BCUT2D eigenvalue weighted by molar-refractivity contribution is 7.17. The lowest BCUT2D eigenvalue weighted by molar-refractivity contribution is 0.0531. The first kappa shape index (κ1) is 16.0. The van der Waals surface area contributed by atoms with Crippen molar-refractivity contribution < 1.29 is 14.3 Å². The third-order valence-electron chi connectivity index (χ3n) is 2.75. The summed E-state index contributed by atoms with van der Waals surface area (Å²) in [7, 11) is 1.62. The zero-order valence-electron chi connectivity index (χ0n) is 12.6. The van der Waals surface area contributed by atoms with E-state index in [9.17, 15) is 4.79 Å². The maximum atomic E-state index is 11.7. The Morgan fingerprint density at radius 3 is 2.77 bits per heavy atom. The number of aryl methyl sites for hydroxylation is 1. The molecule has 0 bridgehead atoms. The summed E-state index contributed by atoms with van der Waals surface area (Å²) < 4.78 is 10.1. The number of hydrazone groups is 1. The third-order valence-corrected chi connectivity index (χ3v) is 3.79. The summed E-state index contributed by atoms with van der Waals surface area (Å²) in [5, 5.41) is 4.65. The van der Waals surface area contributed by atoms with Crippen molar-refractivity contribution in [2.24, 2.45) is 5.10 Å². The second-order valence-electron chi connectivity index (χ2n) is 4.30. The van der Waals surface area contributed by atoms with E-state index in [-0.39, 0.29) is 5.97 Å². The van der Waals surface area contributed by atoms with Gasteiger partial charge in [-0.2, -0.15) is 5.10 Å². The van der Waals surface area contributed by atoms with Crippen molar-refractivity contribution in [1.82, 2.24) is 4.98 Å². The first-order valence-electron chi connectivity index (χ1n) is 6.71. The molecule has 0 spiro atoms. The lowest BCUT2D eigenvalue weighted by Gasteiger charge is -1.98. The van der Waals surface area contributed by atoms with E-state index in [0.29, 0.717) is 22.3 Å². The Morgan fingerprint density at radius 1 is 1.41 bits per heavy atom. The van der Waals surface area contributed by atoms with Crippen LogP contribution in [0.1, 0.15) is 27.9 Å². The molecule has 1 N–H and O–H groups in total. The molecule has 0 unspecified atom stereocenters. The molecule has 0 saturated carbocycles. The van der Waals surface area contributed by atoms with Gasteiger partial charge in [-0.05, 0) is 43.7 Å². The molecule has 0 saturated heterocycles. The normalized spacial score (nSPS) is 10.7. The molecule has 0 amide bonds. The lowest BCUT2D eigenvalue weighted by atomic mass is 10.2. The van der Waals surface area contributed by atoms with Gasteiger partial charge in [0, 0.05) is 0 Å². The summed E-state index contributed by atoms with van der Waals surface area (Å²) in [6.07, 6.45) is 1.67. The van der Waals surface area contributed by atoms with Crippen molar-refractivity contribution in [2.45, 2.75) is 13.8 Å². The van der Waals surface area contributed by atoms with Crippen LogP contribution < -0.4 is 10.2 Å². The van der Waals surface area contributed by atoms with Crippen molar-refractivity contribution in [3.05, 3.63) is 40.4 Å². The van der Waals surface area contributed by atoms with Crippen LogP contribution in [-0.2, 0) is 4.74 Å². The Hall–Kier alpha value is -2.41. The molecule has 0 aliphatic rings. The topological polar surface area (TPSA) is 72.8 Å². The predicted molar refractivity (Wildman–Crippen MR) is 87.0 cm³/mol. The molecule has 0 aliphatic carbocycles. The van der Waals surface area contributed by atoms with E-state index in [1.807, 2.05) is 24.3 Å². The van der Waals surface area contributed by atoms with Gasteiger partial charge in [-0.25, -0.2) is 9.78 Å². The van der Waals surface area contributed by atoms with E-state index in [0.717, 1.165) is 11.3 Å². The zero-order valence-corrected chi connectivity index (χ0v) is 13.4. The Labute approximate surface area is 132 Å². The maximum absolute atomic E-state index is 11.7. The average Bonchev–Trinajstić information content (AvgIpc) is 2.89. The highest BCUT2D eigenvalue weighted by Gasteiger charge is 2.15. The van der Waals surface area contributed by atoms with Gasteiger partial charge in [0.05, 0.1) is 25.6 Å². The first-order valence-corrected chi connectivity index (χ1v) is 7.53. The number of nitrogens with one attached hydrogen (secondary N) is 1. The minimum absolute atomic E-state index is 0.342. The standard InChI is InChI=1S/C15H17N3O3S/c1-4-21-14(19)13-10(2)17-15(22-13)18-16-9-11-5-7-12(20-3)8-6-11/h5-9H,4H2,1-3H3,(H,17,18)/b16-9-. The van der Waals surface area contributed by atoms with Crippen LogP contribution >= 0.6 is 11.3 Å². The number of nitrogens with zero attached hydrogens (tertiary/aromatic N) is 2. The van der Waals surface area contributed by atoms with Gasteiger partial charge in [-0.1, -0.05) is 11.3 Å². The van der Waals surface area contributed by atoms with E-state index in [1.54, 1.807) is 27.2 Å². The predicted octanol–water partition coefficient (Wildman–Crippen LogP) is 3.08. The smallest absolute Gasteiger partial charge is 0.350 e. The van der Waals surface area contributed by atoms with Crippen LogP contribution in [0.25, 0.3) is 0 Å². The molecule has 1 aromatic carbocycles. The van der Waals surface area contributed by atoms with Gasteiger partial charge in [-0.3, -0.25) is 5.43 Å². The Balaban J connectivity index is 2.00. The number of hydrogen-bond acceptors (Lipinski definition) is 7. The summed E-state index contributed by atoms with van der Waals surface area (Å²) in [6.45, 7) is 3.88. The molecule has 0 aliphatic heterocycles. The number of aromatic nitrogens is 1. The molecular weight excluding hydrogens is 302 g/mol. The Bertz CT molecular complexity index is 665. The molecule has 6 nitrogen and oxygen atoms in total. The van der Waals surface area contributed by atoms with Crippen LogP contribution in [-0.4, -0.2) is 30.9 Å². The summed E-state index contributed by atoms with van der Waals surface area (Å²) in [4.78, 5) is 16.4. The molecule has 1 heterocycles. The fourth-order valence-electron chi connectivity index (χ4n) is 1.68. The molecule has 1 aromatic heterocycles. The lowest BCUT2D eigenvalue weighted by Crippen LogP contribution is -2.03. The third kappa shape index (κ3) is 4.05. The van der Waals surface area contributed by atoms with Crippen molar-refractivity contribution in [1.29, 1.82) is 0 Å². The largest absolute Gasteiger partial charge is 0.497 e. The molecule has 22 heavy (non-hydrogen) atoms. The van der Waals surface area contributed by atoms with Crippen LogP contribution in [0, 0.1) is 6.92 Å². The second-order valence-corrected chi connectivity index (χ2v) is 5.30. The number of rotatable bonds is 6. The van der Waals surface area contributed by atoms with Gasteiger partial charge in [0.15, 0.2) is 0 Å². The number of hydrogen-bond donors (Lipinski definition) is 1. The number of methoxy groups -OCH3 is 1. The van der Waals surface area contributed by atoms with E-state index < -0.39 is 0 Å². The highest BCUT2D eigenvalue weighted by atomic mass is 32.1. The van der Waals surface area contributed by atoms with Gasteiger partial charge < -0.3 is 9.47 Å². The van der Waals surface area contributed by atoms with E-state index in [4.69, 9.17) is 9.47 Å². The van der Waals surface area contributed by atoms with Gasteiger partial charge in [-0.15, -0.1) is 0 Å². The minimum atomic E-state index is -0.357. The zero-order chi connectivity index (χ0) is 15.9. The summed E-state index contributed by atoms with van der Waals surface area (Å²) in [6, 6.07) is 7.49. The van der Waals surface area contributed by atoms with Gasteiger partial charge in [0.25, 0.3) is 0 Å². The van der Waals surface area contributed by atoms with Gasteiger partial charge in [0.1, 0.15) is 10.6 Å². The van der Waals surface area contributed by atoms with Crippen molar-refractivity contribution >= 4 is 28.7 Å². The van der Waals surface area contributed by atoms with Crippen LogP contribution in [0.4, 0.5) is 5.13 Å². The number of ether oxygens (including phenoxy) is 2. The highest BCUT2D eigenvalue weighted by Crippen LogP contribution is 2.23. The van der Waals surface area contributed by atoms with Gasteiger partial charge >= 0.3 is 5.97 Å². The first-order chi connectivity index (χ1) is 10.6. The van der Waals surface area contributed by atoms with Crippen LogP contribution in [0.2, 0.25) is 0 Å². The maximum Gasteiger partial charge on any atom is 0.350 e. The van der Waals surface area contributed by atoms with Crippen LogP contribution in [0.3, 0.4) is 0 Å².